The SMILES string of the molecule is CCCCC/C=C/C=C1/C(=O)C=C[C@@H]1CCCCCCC(=O)O. The highest BCUT2D eigenvalue weighted by Gasteiger charge is 2.21. The molecule has 0 bridgehead atoms. The van der Waals surface area contributed by atoms with Crippen LogP contribution in [0.5, 0.6) is 0 Å². The van der Waals surface area contributed by atoms with Crippen LogP contribution in [0.2, 0.25) is 0 Å². The monoisotopic (exact) mass is 318 g/mol. The summed E-state index contributed by atoms with van der Waals surface area (Å²) in [5.41, 5.74) is 0.905. The van der Waals surface area contributed by atoms with Crippen LogP contribution in [0.4, 0.5) is 0 Å². The first-order valence-corrected chi connectivity index (χ1v) is 8.96. The lowest BCUT2D eigenvalue weighted by Crippen LogP contribution is -2.02. The quantitative estimate of drug-likeness (QED) is 0.396. The minimum atomic E-state index is -0.717. The Labute approximate surface area is 140 Å². The van der Waals surface area contributed by atoms with Crippen molar-refractivity contribution in [2.75, 3.05) is 0 Å². The number of carbonyl (C=O) groups excluding carboxylic acids is 1. The molecule has 3 nitrogen and oxygen atoms in total. The highest BCUT2D eigenvalue weighted by Crippen LogP contribution is 2.27. The van der Waals surface area contributed by atoms with Crippen molar-refractivity contribution in [3.8, 4) is 0 Å². The number of rotatable bonds is 12. The number of allylic oxidation sites excluding steroid dienone is 6. The molecule has 128 valence electrons. The molecule has 0 spiro atoms. The number of hydrogen-bond donors (Lipinski definition) is 1. The Morgan fingerprint density at radius 3 is 2.70 bits per heavy atom. The van der Waals surface area contributed by atoms with E-state index in [9.17, 15) is 9.59 Å². The summed E-state index contributed by atoms with van der Waals surface area (Å²) in [7, 11) is 0. The average Bonchev–Trinajstić information content (AvgIpc) is 2.86. The molecular formula is C20H30O3. The summed E-state index contributed by atoms with van der Waals surface area (Å²) < 4.78 is 0. The van der Waals surface area contributed by atoms with Crippen LogP contribution in [-0.2, 0) is 9.59 Å². The Kier molecular flexibility index (Phi) is 10.0. The molecule has 1 rings (SSSR count). The minimum Gasteiger partial charge on any atom is -0.481 e. The Balaban J connectivity index is 2.29. The molecule has 1 aliphatic carbocycles. The summed E-state index contributed by atoms with van der Waals surface area (Å²) in [4.78, 5) is 22.3. The van der Waals surface area contributed by atoms with Crippen molar-refractivity contribution in [1.29, 1.82) is 0 Å². The predicted octanol–water partition coefficient (Wildman–Crippen LogP) is 5.23. The number of ketones is 1. The highest BCUT2D eigenvalue weighted by atomic mass is 16.4. The lowest BCUT2D eigenvalue weighted by molar-refractivity contribution is -0.137. The predicted molar refractivity (Wildman–Crippen MR) is 94.3 cm³/mol. The molecule has 0 fully saturated rings. The Hall–Kier alpha value is -1.64. The van der Waals surface area contributed by atoms with Crippen LogP contribution < -0.4 is 0 Å². The van der Waals surface area contributed by atoms with Gasteiger partial charge in [0, 0.05) is 17.9 Å². The van der Waals surface area contributed by atoms with E-state index < -0.39 is 5.97 Å². The third-order valence-corrected chi connectivity index (χ3v) is 4.21. The standard InChI is InChI=1S/C20H30O3/c1-2-3-4-5-6-10-13-18-17(15-16-19(18)21)12-9-7-8-11-14-20(22)23/h6,10,13,15-17H,2-5,7-9,11-12,14H2,1H3,(H,22,23)/b10-6+,18-13+/t17-/m0/s1. The first-order valence-electron chi connectivity index (χ1n) is 8.96. The van der Waals surface area contributed by atoms with Gasteiger partial charge < -0.3 is 5.11 Å². The molecule has 0 aliphatic heterocycles. The van der Waals surface area contributed by atoms with Gasteiger partial charge in [-0.1, -0.05) is 63.3 Å². The molecule has 0 amide bonds. The van der Waals surface area contributed by atoms with Gasteiger partial charge in [0.1, 0.15) is 0 Å². The summed E-state index contributed by atoms with van der Waals surface area (Å²) in [5, 5.41) is 8.60. The van der Waals surface area contributed by atoms with E-state index in [0.717, 1.165) is 44.1 Å². The first-order chi connectivity index (χ1) is 11.1. The summed E-state index contributed by atoms with van der Waals surface area (Å²) in [6, 6.07) is 0. The van der Waals surface area contributed by atoms with E-state index in [2.05, 4.69) is 13.0 Å². The van der Waals surface area contributed by atoms with Crippen molar-refractivity contribution >= 4 is 11.8 Å². The van der Waals surface area contributed by atoms with Gasteiger partial charge in [-0.05, 0) is 31.8 Å². The van der Waals surface area contributed by atoms with Crippen molar-refractivity contribution in [2.45, 2.75) is 71.1 Å². The van der Waals surface area contributed by atoms with Gasteiger partial charge in [-0.15, -0.1) is 0 Å². The second-order valence-electron chi connectivity index (χ2n) is 6.22. The zero-order chi connectivity index (χ0) is 16.9. The van der Waals surface area contributed by atoms with E-state index in [4.69, 9.17) is 5.11 Å². The van der Waals surface area contributed by atoms with Crippen LogP contribution in [-0.4, -0.2) is 16.9 Å². The Bertz CT molecular complexity index is 458. The maximum absolute atomic E-state index is 11.9. The second-order valence-corrected chi connectivity index (χ2v) is 6.22. The van der Waals surface area contributed by atoms with Crippen molar-refractivity contribution in [3.05, 3.63) is 36.0 Å². The van der Waals surface area contributed by atoms with Crippen LogP contribution in [0.15, 0.2) is 36.0 Å². The fourth-order valence-corrected chi connectivity index (χ4v) is 2.82. The molecule has 0 aromatic carbocycles. The first kappa shape index (κ1) is 19.4. The van der Waals surface area contributed by atoms with E-state index in [1.807, 2.05) is 18.2 Å². The molecule has 0 aromatic rings. The molecular weight excluding hydrogens is 288 g/mol. The molecule has 0 aromatic heterocycles. The third-order valence-electron chi connectivity index (χ3n) is 4.21. The van der Waals surface area contributed by atoms with Crippen molar-refractivity contribution in [2.24, 2.45) is 5.92 Å². The van der Waals surface area contributed by atoms with E-state index in [0.29, 0.717) is 0 Å². The molecule has 23 heavy (non-hydrogen) atoms. The molecule has 0 saturated carbocycles. The van der Waals surface area contributed by atoms with Gasteiger partial charge in [0.05, 0.1) is 0 Å². The number of carboxylic acids is 1. The molecule has 0 saturated heterocycles. The molecule has 0 radical (unpaired) electrons. The fourth-order valence-electron chi connectivity index (χ4n) is 2.82. The van der Waals surface area contributed by atoms with Gasteiger partial charge in [0.25, 0.3) is 0 Å². The zero-order valence-electron chi connectivity index (χ0n) is 14.3. The topological polar surface area (TPSA) is 54.4 Å². The fraction of sp³-hybridized carbons (Fsp3) is 0.600. The Morgan fingerprint density at radius 2 is 1.96 bits per heavy atom. The molecule has 1 aliphatic rings. The van der Waals surface area contributed by atoms with Gasteiger partial charge in [0.2, 0.25) is 0 Å². The molecule has 1 N–H and O–H groups in total. The highest BCUT2D eigenvalue weighted by molar-refractivity contribution is 6.07. The van der Waals surface area contributed by atoms with Crippen molar-refractivity contribution in [3.63, 3.8) is 0 Å². The average molecular weight is 318 g/mol. The lowest BCUT2D eigenvalue weighted by Gasteiger charge is -2.09. The maximum atomic E-state index is 11.9. The number of unbranched alkanes of at least 4 members (excludes halogenated alkanes) is 6. The van der Waals surface area contributed by atoms with Crippen LogP contribution in [0.1, 0.15) is 71.1 Å². The van der Waals surface area contributed by atoms with Gasteiger partial charge in [-0.2, -0.15) is 0 Å². The van der Waals surface area contributed by atoms with Crippen LogP contribution in [0.25, 0.3) is 0 Å². The van der Waals surface area contributed by atoms with Crippen molar-refractivity contribution in [1.82, 2.24) is 0 Å². The smallest absolute Gasteiger partial charge is 0.303 e. The lowest BCUT2D eigenvalue weighted by atomic mass is 9.94. The molecule has 1 atom stereocenters. The van der Waals surface area contributed by atoms with E-state index in [1.54, 1.807) is 6.08 Å². The second kappa shape index (κ2) is 11.9. The van der Waals surface area contributed by atoms with Crippen LogP contribution >= 0.6 is 0 Å². The minimum absolute atomic E-state index is 0.138. The maximum Gasteiger partial charge on any atom is 0.303 e. The largest absolute Gasteiger partial charge is 0.481 e. The van der Waals surface area contributed by atoms with Gasteiger partial charge in [-0.3, -0.25) is 9.59 Å². The number of hydrogen-bond acceptors (Lipinski definition) is 2. The Morgan fingerprint density at radius 1 is 1.17 bits per heavy atom. The summed E-state index contributed by atoms with van der Waals surface area (Å²) >= 11 is 0. The van der Waals surface area contributed by atoms with Gasteiger partial charge in [0.15, 0.2) is 5.78 Å². The summed E-state index contributed by atoms with van der Waals surface area (Å²) in [5.74, 6) is -0.341. The zero-order valence-corrected chi connectivity index (χ0v) is 14.3. The summed E-state index contributed by atoms with van der Waals surface area (Å²) in [6.45, 7) is 2.20. The van der Waals surface area contributed by atoms with E-state index >= 15 is 0 Å². The van der Waals surface area contributed by atoms with Gasteiger partial charge >= 0.3 is 5.97 Å². The molecule has 3 heteroatoms. The summed E-state index contributed by atoms with van der Waals surface area (Å²) in [6.07, 6.45) is 19.6. The van der Waals surface area contributed by atoms with Gasteiger partial charge in [-0.25, -0.2) is 0 Å². The molecule has 0 unspecified atom stereocenters. The van der Waals surface area contributed by atoms with Crippen LogP contribution in [0, 0.1) is 5.92 Å². The van der Waals surface area contributed by atoms with Crippen molar-refractivity contribution < 1.29 is 14.7 Å². The number of carboxylic acid groups (broad SMARTS) is 1. The van der Waals surface area contributed by atoms with E-state index in [-0.39, 0.29) is 18.1 Å². The normalized spacial score (nSPS) is 19.3. The molecule has 0 heterocycles. The third kappa shape index (κ3) is 8.53. The number of aliphatic carboxylic acids is 1. The van der Waals surface area contributed by atoms with Crippen LogP contribution in [0.3, 0.4) is 0 Å². The number of carbonyl (C=O) groups is 2. The van der Waals surface area contributed by atoms with E-state index in [1.165, 1.54) is 19.3 Å².